The fourth-order valence-corrected chi connectivity index (χ4v) is 4.10. The number of nitrogens with zero attached hydrogens (tertiary/aromatic N) is 2. The van der Waals surface area contributed by atoms with Gasteiger partial charge in [-0.1, -0.05) is 6.92 Å². The Morgan fingerprint density at radius 1 is 1.38 bits per heavy atom. The molecular formula is C14H17ClF3N3O2S. The van der Waals surface area contributed by atoms with Crippen molar-refractivity contribution in [1.29, 1.82) is 5.26 Å². The maximum absolute atomic E-state index is 12.8. The van der Waals surface area contributed by atoms with Crippen LogP contribution in [0.25, 0.3) is 0 Å². The Kier molecular flexibility index (Phi) is 6.27. The van der Waals surface area contributed by atoms with Crippen LogP contribution in [0.15, 0.2) is 23.1 Å². The van der Waals surface area contributed by atoms with Crippen LogP contribution in [0, 0.1) is 17.2 Å². The number of nitriles is 1. The lowest BCUT2D eigenvalue weighted by atomic mass is 9.96. The van der Waals surface area contributed by atoms with Crippen LogP contribution in [0.2, 0.25) is 0 Å². The largest absolute Gasteiger partial charge is 0.417 e. The van der Waals surface area contributed by atoms with Gasteiger partial charge in [0, 0.05) is 19.1 Å². The first-order valence-corrected chi connectivity index (χ1v) is 8.38. The number of rotatable bonds is 2. The molecule has 134 valence electrons. The highest BCUT2D eigenvalue weighted by molar-refractivity contribution is 7.89. The average Bonchev–Trinajstić information content (AvgIpc) is 2.48. The van der Waals surface area contributed by atoms with Gasteiger partial charge < -0.3 is 5.73 Å². The summed E-state index contributed by atoms with van der Waals surface area (Å²) in [6.45, 7) is 2.23. The highest BCUT2D eigenvalue weighted by Gasteiger charge is 2.36. The Labute approximate surface area is 144 Å². The Bertz CT molecular complexity index is 747. The molecule has 10 heteroatoms. The molecule has 0 bridgehead atoms. The molecule has 0 radical (unpaired) electrons. The van der Waals surface area contributed by atoms with Gasteiger partial charge in [0.15, 0.2) is 0 Å². The number of piperidine rings is 1. The van der Waals surface area contributed by atoms with E-state index < -0.39 is 27.3 Å². The predicted octanol–water partition coefficient (Wildman–Crippen LogP) is 2.36. The Hall–Kier alpha value is -1.34. The summed E-state index contributed by atoms with van der Waals surface area (Å²) in [5.41, 5.74) is 3.99. The van der Waals surface area contributed by atoms with Crippen molar-refractivity contribution in [3.63, 3.8) is 0 Å². The van der Waals surface area contributed by atoms with Gasteiger partial charge in [0.1, 0.15) is 0 Å². The SMILES string of the molecule is CC1CN(S(=O)(=O)c2ccc(C(F)(F)F)c(C#N)c2)CCC1N.Cl. The molecule has 2 unspecified atom stereocenters. The van der Waals surface area contributed by atoms with E-state index in [-0.39, 0.29) is 42.4 Å². The van der Waals surface area contributed by atoms with Gasteiger partial charge in [-0.3, -0.25) is 0 Å². The van der Waals surface area contributed by atoms with Crippen molar-refractivity contribution in [2.24, 2.45) is 11.7 Å². The molecule has 0 spiro atoms. The van der Waals surface area contributed by atoms with Gasteiger partial charge in [0.25, 0.3) is 0 Å². The monoisotopic (exact) mass is 383 g/mol. The third-order valence-electron chi connectivity index (χ3n) is 3.99. The smallest absolute Gasteiger partial charge is 0.327 e. The van der Waals surface area contributed by atoms with Crippen LogP contribution in [0.3, 0.4) is 0 Å². The van der Waals surface area contributed by atoms with Gasteiger partial charge in [-0.15, -0.1) is 12.4 Å². The molecule has 0 aliphatic carbocycles. The van der Waals surface area contributed by atoms with E-state index in [9.17, 15) is 21.6 Å². The normalized spacial score (nSPS) is 22.5. The van der Waals surface area contributed by atoms with E-state index in [1.807, 2.05) is 6.92 Å². The highest BCUT2D eigenvalue weighted by atomic mass is 35.5. The highest BCUT2D eigenvalue weighted by Crippen LogP contribution is 2.33. The van der Waals surface area contributed by atoms with E-state index in [2.05, 4.69) is 0 Å². The molecule has 1 aliphatic heterocycles. The zero-order chi connectivity index (χ0) is 17.4. The number of hydrogen-bond donors (Lipinski definition) is 1. The molecule has 1 fully saturated rings. The molecule has 1 saturated heterocycles. The standard InChI is InChI=1S/C14H16F3N3O2S.ClH/c1-9-8-20(5-4-13(9)19)23(21,22)11-2-3-12(14(15,16)17)10(6-11)7-18;/h2-3,6,9,13H,4-5,8,19H2,1H3;1H. The molecule has 1 aliphatic rings. The molecule has 2 rings (SSSR count). The molecule has 1 aromatic rings. The minimum atomic E-state index is -4.71. The summed E-state index contributed by atoms with van der Waals surface area (Å²) in [6, 6.07) is 3.59. The number of nitrogens with two attached hydrogens (primary N) is 1. The molecule has 1 aromatic carbocycles. The second-order valence-electron chi connectivity index (χ2n) is 5.61. The predicted molar refractivity (Wildman–Crippen MR) is 83.9 cm³/mol. The Morgan fingerprint density at radius 2 is 2.00 bits per heavy atom. The van der Waals surface area contributed by atoms with Gasteiger partial charge in [-0.05, 0) is 30.5 Å². The van der Waals surface area contributed by atoms with Gasteiger partial charge in [0.2, 0.25) is 10.0 Å². The lowest BCUT2D eigenvalue weighted by Gasteiger charge is -2.34. The van der Waals surface area contributed by atoms with Crippen molar-refractivity contribution in [2.45, 2.75) is 30.5 Å². The van der Waals surface area contributed by atoms with E-state index >= 15 is 0 Å². The van der Waals surface area contributed by atoms with Gasteiger partial charge in [-0.2, -0.15) is 22.7 Å². The van der Waals surface area contributed by atoms with Crippen molar-refractivity contribution >= 4 is 22.4 Å². The lowest BCUT2D eigenvalue weighted by Crippen LogP contribution is -2.48. The van der Waals surface area contributed by atoms with Crippen molar-refractivity contribution in [1.82, 2.24) is 4.31 Å². The first kappa shape index (κ1) is 20.7. The minimum absolute atomic E-state index is 0. The second-order valence-corrected chi connectivity index (χ2v) is 7.55. The Morgan fingerprint density at radius 3 is 2.50 bits per heavy atom. The average molecular weight is 384 g/mol. The molecular weight excluding hydrogens is 367 g/mol. The molecule has 2 N–H and O–H groups in total. The van der Waals surface area contributed by atoms with Gasteiger partial charge in [-0.25, -0.2) is 8.42 Å². The zero-order valence-electron chi connectivity index (χ0n) is 12.7. The first-order chi connectivity index (χ1) is 10.6. The summed E-state index contributed by atoms with van der Waals surface area (Å²) in [5.74, 6) is -0.0524. The van der Waals surface area contributed by atoms with Gasteiger partial charge in [0.05, 0.1) is 22.1 Å². The van der Waals surface area contributed by atoms with E-state index in [4.69, 9.17) is 11.0 Å². The fourth-order valence-electron chi connectivity index (χ4n) is 2.52. The van der Waals surface area contributed by atoms with Crippen molar-refractivity contribution in [2.75, 3.05) is 13.1 Å². The maximum atomic E-state index is 12.8. The van der Waals surface area contributed by atoms with E-state index in [1.54, 1.807) is 0 Å². The van der Waals surface area contributed by atoms with Crippen molar-refractivity contribution in [3.8, 4) is 6.07 Å². The third-order valence-corrected chi connectivity index (χ3v) is 5.85. The number of sulfonamides is 1. The van der Waals surface area contributed by atoms with Crippen LogP contribution in [-0.4, -0.2) is 31.9 Å². The topological polar surface area (TPSA) is 87.2 Å². The third kappa shape index (κ3) is 4.00. The summed E-state index contributed by atoms with van der Waals surface area (Å²) in [4.78, 5) is -0.315. The summed E-state index contributed by atoms with van der Waals surface area (Å²) in [6.07, 6.45) is -4.23. The summed E-state index contributed by atoms with van der Waals surface area (Å²) in [7, 11) is -3.95. The molecule has 5 nitrogen and oxygen atoms in total. The van der Waals surface area contributed by atoms with Crippen molar-refractivity contribution in [3.05, 3.63) is 29.3 Å². The zero-order valence-corrected chi connectivity index (χ0v) is 14.4. The van der Waals surface area contributed by atoms with Crippen LogP contribution >= 0.6 is 12.4 Å². The van der Waals surface area contributed by atoms with E-state index in [0.717, 1.165) is 12.1 Å². The van der Waals surface area contributed by atoms with Crippen LogP contribution in [0.1, 0.15) is 24.5 Å². The van der Waals surface area contributed by atoms with Crippen LogP contribution in [-0.2, 0) is 16.2 Å². The summed E-state index contributed by atoms with van der Waals surface area (Å²) in [5, 5.41) is 8.88. The maximum Gasteiger partial charge on any atom is 0.417 e. The van der Waals surface area contributed by atoms with E-state index in [0.29, 0.717) is 12.5 Å². The Balaban J connectivity index is 0.00000288. The van der Waals surface area contributed by atoms with Crippen molar-refractivity contribution < 1.29 is 21.6 Å². The molecule has 0 saturated carbocycles. The van der Waals surface area contributed by atoms with Crippen LogP contribution in [0.5, 0.6) is 0 Å². The number of halogens is 4. The molecule has 24 heavy (non-hydrogen) atoms. The minimum Gasteiger partial charge on any atom is -0.327 e. The number of alkyl halides is 3. The summed E-state index contributed by atoms with van der Waals surface area (Å²) < 4.78 is 64.7. The quantitative estimate of drug-likeness (QED) is 0.849. The molecule has 0 aromatic heterocycles. The number of benzene rings is 1. The van der Waals surface area contributed by atoms with Crippen LogP contribution in [0.4, 0.5) is 13.2 Å². The molecule has 2 atom stereocenters. The van der Waals surface area contributed by atoms with Gasteiger partial charge >= 0.3 is 6.18 Å². The molecule has 1 heterocycles. The van der Waals surface area contributed by atoms with E-state index in [1.165, 1.54) is 10.4 Å². The second kappa shape index (κ2) is 7.27. The van der Waals surface area contributed by atoms with Crippen LogP contribution < -0.4 is 5.73 Å². The summed E-state index contributed by atoms with van der Waals surface area (Å²) >= 11 is 0. The fraction of sp³-hybridized carbons (Fsp3) is 0.500. The molecule has 0 amide bonds. The first-order valence-electron chi connectivity index (χ1n) is 6.94. The number of hydrogen-bond acceptors (Lipinski definition) is 4. The lowest BCUT2D eigenvalue weighted by molar-refractivity contribution is -0.137.